The summed E-state index contributed by atoms with van der Waals surface area (Å²) in [7, 11) is 0. The number of carbonyl (C=O) groups is 1. The summed E-state index contributed by atoms with van der Waals surface area (Å²) < 4.78 is 7.21. The van der Waals surface area contributed by atoms with Gasteiger partial charge in [-0.1, -0.05) is 52.3 Å². The van der Waals surface area contributed by atoms with E-state index in [0.29, 0.717) is 22.2 Å². The summed E-state index contributed by atoms with van der Waals surface area (Å²) in [5.41, 5.74) is 4.80. The molecule has 7 nitrogen and oxygen atoms in total. The minimum atomic E-state index is -0.341. The van der Waals surface area contributed by atoms with Crippen LogP contribution in [0.25, 0.3) is 27.9 Å². The van der Waals surface area contributed by atoms with Gasteiger partial charge >= 0.3 is 0 Å². The monoisotopic (exact) mass is 443 g/mol. The summed E-state index contributed by atoms with van der Waals surface area (Å²) in [6, 6.07) is 20.7. The Hall–Kier alpha value is -3.97. The molecule has 0 saturated carbocycles. The van der Waals surface area contributed by atoms with E-state index in [9.17, 15) is 4.79 Å². The maximum absolute atomic E-state index is 12.8. The number of aromatic nitrogens is 4. The summed E-state index contributed by atoms with van der Waals surface area (Å²) in [6.07, 6.45) is 0. The van der Waals surface area contributed by atoms with Crippen molar-refractivity contribution in [2.45, 2.75) is 13.8 Å². The molecule has 0 aliphatic heterocycles. The van der Waals surface area contributed by atoms with Crippen LogP contribution in [0.3, 0.4) is 0 Å². The molecule has 5 aromatic rings. The van der Waals surface area contributed by atoms with Crippen LogP contribution in [-0.4, -0.2) is 26.1 Å². The van der Waals surface area contributed by atoms with Gasteiger partial charge in [0.2, 0.25) is 0 Å². The van der Waals surface area contributed by atoms with E-state index in [0.717, 1.165) is 27.7 Å². The molecular weight excluding hydrogens is 426 g/mol. The molecule has 0 aliphatic carbocycles. The molecule has 8 heteroatoms. The van der Waals surface area contributed by atoms with Gasteiger partial charge in [-0.2, -0.15) is 0 Å². The van der Waals surface area contributed by atoms with Crippen LogP contribution < -0.4 is 5.32 Å². The zero-order chi connectivity index (χ0) is 22.2. The lowest BCUT2D eigenvalue weighted by Crippen LogP contribution is -2.14. The molecule has 2 heterocycles. The highest BCUT2D eigenvalue weighted by molar-refractivity contribution is 6.31. The summed E-state index contributed by atoms with van der Waals surface area (Å²) in [4.78, 5) is 12.8. The number of hydrogen-bond acceptors (Lipinski definition) is 5. The Morgan fingerprint density at radius 1 is 1.03 bits per heavy atom. The van der Waals surface area contributed by atoms with E-state index in [1.807, 2.05) is 61.5 Å². The Balaban J connectivity index is 1.48. The fourth-order valence-corrected chi connectivity index (χ4v) is 3.67. The second kappa shape index (κ2) is 7.94. The highest BCUT2D eigenvalue weighted by atomic mass is 35.5. The zero-order valence-corrected chi connectivity index (χ0v) is 18.1. The summed E-state index contributed by atoms with van der Waals surface area (Å²) >= 11 is 6.06. The van der Waals surface area contributed by atoms with Crippen molar-refractivity contribution in [3.63, 3.8) is 0 Å². The number of anilines is 1. The topological polar surface area (TPSA) is 85.8 Å². The third-order valence-corrected chi connectivity index (χ3v) is 5.69. The number of benzene rings is 3. The zero-order valence-electron chi connectivity index (χ0n) is 17.3. The SMILES string of the molecule is Cc1cc(NC(=O)c2nnn(-c3ccc4noc(-c5ccccc5)c4c3)c2C)ccc1Cl. The van der Waals surface area contributed by atoms with E-state index < -0.39 is 0 Å². The van der Waals surface area contributed by atoms with Gasteiger partial charge in [0, 0.05) is 16.3 Å². The Morgan fingerprint density at radius 2 is 1.84 bits per heavy atom. The van der Waals surface area contributed by atoms with Crippen LogP contribution in [0.1, 0.15) is 21.7 Å². The minimum Gasteiger partial charge on any atom is -0.355 e. The first kappa shape index (κ1) is 20.0. The normalized spacial score (nSPS) is 11.1. The largest absolute Gasteiger partial charge is 0.355 e. The molecule has 0 radical (unpaired) electrons. The van der Waals surface area contributed by atoms with E-state index in [1.54, 1.807) is 23.7 Å². The highest BCUT2D eigenvalue weighted by Gasteiger charge is 2.19. The average Bonchev–Trinajstić information content (AvgIpc) is 3.40. The molecule has 3 aromatic carbocycles. The molecule has 5 rings (SSSR count). The van der Waals surface area contributed by atoms with Gasteiger partial charge in [0.25, 0.3) is 5.91 Å². The van der Waals surface area contributed by atoms with Crippen LogP contribution in [0.5, 0.6) is 0 Å². The Morgan fingerprint density at radius 3 is 2.62 bits per heavy atom. The molecular formula is C24H18ClN5O2. The standard InChI is InChI=1S/C24H18ClN5O2/c1-14-12-17(8-10-20(14)25)26-24(31)22-15(2)30(29-27-22)18-9-11-21-19(13-18)23(32-28-21)16-6-4-3-5-7-16/h3-13H,1-2H3,(H,26,31). The number of nitrogens with zero attached hydrogens (tertiary/aromatic N) is 4. The van der Waals surface area contributed by atoms with Crippen molar-refractivity contribution >= 4 is 34.1 Å². The first-order valence-electron chi connectivity index (χ1n) is 9.96. The first-order chi connectivity index (χ1) is 15.5. The van der Waals surface area contributed by atoms with Gasteiger partial charge in [-0.25, -0.2) is 4.68 Å². The van der Waals surface area contributed by atoms with Crippen molar-refractivity contribution in [3.05, 3.63) is 88.7 Å². The molecule has 0 fully saturated rings. The second-order valence-electron chi connectivity index (χ2n) is 7.43. The van der Waals surface area contributed by atoms with Crippen molar-refractivity contribution in [2.75, 3.05) is 5.32 Å². The predicted molar refractivity (Wildman–Crippen MR) is 123 cm³/mol. The fourth-order valence-electron chi connectivity index (χ4n) is 3.56. The lowest BCUT2D eigenvalue weighted by molar-refractivity contribution is 0.102. The molecule has 32 heavy (non-hydrogen) atoms. The van der Waals surface area contributed by atoms with Crippen LogP contribution in [0.15, 0.2) is 71.3 Å². The van der Waals surface area contributed by atoms with Crippen LogP contribution in [-0.2, 0) is 0 Å². The number of amides is 1. The maximum atomic E-state index is 12.8. The van der Waals surface area contributed by atoms with Crippen molar-refractivity contribution in [2.24, 2.45) is 0 Å². The Kier molecular flexibility index (Phi) is 4.95. The molecule has 2 aromatic heterocycles. The van der Waals surface area contributed by atoms with Crippen molar-refractivity contribution in [3.8, 4) is 17.0 Å². The number of carbonyl (C=O) groups excluding carboxylic acids is 1. The first-order valence-corrected chi connectivity index (χ1v) is 10.3. The van der Waals surface area contributed by atoms with Crippen molar-refractivity contribution < 1.29 is 9.32 Å². The van der Waals surface area contributed by atoms with E-state index in [1.165, 1.54) is 0 Å². The van der Waals surface area contributed by atoms with Gasteiger partial charge in [0.05, 0.1) is 16.8 Å². The molecule has 0 spiro atoms. The number of rotatable bonds is 4. The quantitative estimate of drug-likeness (QED) is 0.391. The molecule has 0 aliphatic rings. The number of fused-ring (bicyclic) bond motifs is 1. The predicted octanol–water partition coefficient (Wildman–Crippen LogP) is 5.60. The van der Waals surface area contributed by atoms with Gasteiger partial charge in [-0.15, -0.1) is 5.10 Å². The van der Waals surface area contributed by atoms with Crippen LogP contribution in [0.4, 0.5) is 5.69 Å². The lowest BCUT2D eigenvalue weighted by atomic mass is 10.1. The Labute approximate surface area is 188 Å². The molecule has 1 N–H and O–H groups in total. The van der Waals surface area contributed by atoms with Crippen LogP contribution in [0, 0.1) is 13.8 Å². The molecule has 158 valence electrons. The molecule has 0 atom stereocenters. The number of hydrogen-bond donors (Lipinski definition) is 1. The second-order valence-corrected chi connectivity index (χ2v) is 7.84. The molecule has 1 amide bonds. The molecule has 0 bridgehead atoms. The van der Waals surface area contributed by atoms with Gasteiger partial charge in [-0.05, 0) is 55.8 Å². The Bertz CT molecular complexity index is 1460. The minimum absolute atomic E-state index is 0.242. The average molecular weight is 444 g/mol. The molecule has 0 unspecified atom stereocenters. The summed E-state index contributed by atoms with van der Waals surface area (Å²) in [5.74, 6) is 0.336. The van der Waals surface area contributed by atoms with E-state index in [2.05, 4.69) is 20.8 Å². The fraction of sp³-hybridized carbons (Fsp3) is 0.0833. The maximum Gasteiger partial charge on any atom is 0.278 e. The smallest absolute Gasteiger partial charge is 0.278 e. The van der Waals surface area contributed by atoms with Gasteiger partial charge < -0.3 is 9.84 Å². The number of halogens is 1. The van der Waals surface area contributed by atoms with Crippen molar-refractivity contribution in [1.82, 2.24) is 20.2 Å². The molecule has 0 saturated heterocycles. The third-order valence-electron chi connectivity index (χ3n) is 5.27. The highest BCUT2D eigenvalue weighted by Crippen LogP contribution is 2.30. The van der Waals surface area contributed by atoms with E-state index in [-0.39, 0.29) is 11.6 Å². The van der Waals surface area contributed by atoms with Gasteiger partial charge in [0.15, 0.2) is 11.5 Å². The summed E-state index contributed by atoms with van der Waals surface area (Å²) in [6.45, 7) is 3.68. The van der Waals surface area contributed by atoms with Crippen LogP contribution in [0.2, 0.25) is 5.02 Å². The number of nitrogens with one attached hydrogen (secondary N) is 1. The van der Waals surface area contributed by atoms with Crippen molar-refractivity contribution in [1.29, 1.82) is 0 Å². The lowest BCUT2D eigenvalue weighted by Gasteiger charge is -2.07. The van der Waals surface area contributed by atoms with Gasteiger partial charge in [-0.3, -0.25) is 4.79 Å². The van der Waals surface area contributed by atoms with E-state index >= 15 is 0 Å². The third kappa shape index (κ3) is 3.52. The number of aryl methyl sites for hydroxylation is 1. The van der Waals surface area contributed by atoms with Crippen LogP contribution >= 0.6 is 11.6 Å². The summed E-state index contributed by atoms with van der Waals surface area (Å²) in [5, 5.41) is 16.8. The van der Waals surface area contributed by atoms with E-state index in [4.69, 9.17) is 16.1 Å². The van der Waals surface area contributed by atoms with Gasteiger partial charge in [0.1, 0.15) is 5.52 Å².